The Labute approximate surface area is 99.4 Å². The SMILES string of the molecule is c1ccc2nc(NN3CCOCC3)ncc2c1. The first kappa shape index (κ1) is 10.4. The van der Waals surface area contributed by atoms with Gasteiger partial charge in [0.25, 0.3) is 0 Å². The molecule has 1 aromatic heterocycles. The molecule has 1 aliphatic rings. The first-order valence-electron chi connectivity index (χ1n) is 5.73. The fraction of sp³-hybridized carbons (Fsp3) is 0.333. The number of para-hydroxylation sites is 1. The Morgan fingerprint density at radius 1 is 1.18 bits per heavy atom. The third-order valence-electron chi connectivity index (χ3n) is 2.76. The van der Waals surface area contributed by atoms with Crippen molar-refractivity contribution in [1.82, 2.24) is 15.0 Å². The number of nitrogens with one attached hydrogen (secondary N) is 1. The van der Waals surface area contributed by atoms with Crippen LogP contribution in [0.1, 0.15) is 0 Å². The Bertz CT molecular complexity index is 511. The zero-order valence-electron chi connectivity index (χ0n) is 9.47. The quantitative estimate of drug-likeness (QED) is 0.842. The molecule has 0 unspecified atom stereocenters. The van der Waals surface area contributed by atoms with Gasteiger partial charge in [-0.2, -0.15) is 0 Å². The van der Waals surface area contributed by atoms with Gasteiger partial charge in [0.2, 0.25) is 5.95 Å². The highest BCUT2D eigenvalue weighted by Crippen LogP contribution is 2.12. The summed E-state index contributed by atoms with van der Waals surface area (Å²) in [7, 11) is 0. The maximum atomic E-state index is 5.29. The predicted octanol–water partition coefficient (Wildman–Crippen LogP) is 1.29. The summed E-state index contributed by atoms with van der Waals surface area (Å²) in [6.07, 6.45) is 1.84. The molecule has 1 N–H and O–H groups in total. The van der Waals surface area contributed by atoms with E-state index in [0.29, 0.717) is 5.95 Å². The first-order chi connectivity index (χ1) is 8.42. The maximum absolute atomic E-state index is 5.29. The smallest absolute Gasteiger partial charge is 0.238 e. The molecule has 0 aliphatic carbocycles. The number of rotatable bonds is 2. The number of nitrogens with zero attached hydrogens (tertiary/aromatic N) is 3. The molecule has 0 saturated carbocycles. The standard InChI is InChI=1S/C12H14N4O/c1-2-4-11-10(3-1)9-13-12(14-11)15-16-5-7-17-8-6-16/h1-4,9H,5-8H2,(H,13,14,15). The molecule has 1 aliphatic heterocycles. The van der Waals surface area contributed by atoms with Crippen molar-refractivity contribution in [3.8, 4) is 0 Å². The number of morpholine rings is 1. The Balaban J connectivity index is 1.80. The van der Waals surface area contributed by atoms with Crippen LogP contribution in [-0.2, 0) is 4.74 Å². The molecule has 0 radical (unpaired) electrons. The van der Waals surface area contributed by atoms with Crippen molar-refractivity contribution in [3.63, 3.8) is 0 Å². The first-order valence-corrected chi connectivity index (χ1v) is 5.73. The number of hydrazine groups is 1. The fourth-order valence-corrected chi connectivity index (χ4v) is 1.84. The van der Waals surface area contributed by atoms with E-state index in [1.54, 1.807) is 0 Å². The Morgan fingerprint density at radius 2 is 2.00 bits per heavy atom. The van der Waals surface area contributed by atoms with Crippen LogP contribution in [0.2, 0.25) is 0 Å². The van der Waals surface area contributed by atoms with E-state index in [1.807, 2.05) is 30.5 Å². The second-order valence-corrected chi connectivity index (χ2v) is 3.96. The van der Waals surface area contributed by atoms with E-state index >= 15 is 0 Å². The van der Waals surface area contributed by atoms with E-state index in [2.05, 4.69) is 20.4 Å². The van der Waals surface area contributed by atoms with Gasteiger partial charge >= 0.3 is 0 Å². The van der Waals surface area contributed by atoms with E-state index in [9.17, 15) is 0 Å². The summed E-state index contributed by atoms with van der Waals surface area (Å²) < 4.78 is 5.29. The summed E-state index contributed by atoms with van der Waals surface area (Å²) in [4.78, 5) is 8.76. The zero-order chi connectivity index (χ0) is 11.5. The summed E-state index contributed by atoms with van der Waals surface area (Å²) in [5.41, 5.74) is 4.16. The molecule has 0 bridgehead atoms. The third kappa shape index (κ3) is 2.35. The Hall–Kier alpha value is -1.72. The molecule has 1 aromatic carbocycles. The lowest BCUT2D eigenvalue weighted by molar-refractivity contribution is 0.0493. The fourth-order valence-electron chi connectivity index (χ4n) is 1.84. The predicted molar refractivity (Wildman–Crippen MR) is 65.6 cm³/mol. The molecular formula is C12H14N4O. The molecule has 0 amide bonds. The van der Waals surface area contributed by atoms with Crippen molar-refractivity contribution in [2.45, 2.75) is 0 Å². The highest BCUT2D eigenvalue weighted by atomic mass is 16.5. The van der Waals surface area contributed by atoms with Gasteiger partial charge in [0.15, 0.2) is 0 Å². The van der Waals surface area contributed by atoms with Gasteiger partial charge in [-0.1, -0.05) is 18.2 Å². The molecule has 17 heavy (non-hydrogen) atoms. The van der Waals surface area contributed by atoms with E-state index in [0.717, 1.165) is 37.2 Å². The van der Waals surface area contributed by atoms with Crippen molar-refractivity contribution in [2.75, 3.05) is 31.7 Å². The van der Waals surface area contributed by atoms with Gasteiger partial charge < -0.3 is 4.74 Å². The van der Waals surface area contributed by atoms with Crippen molar-refractivity contribution < 1.29 is 4.74 Å². The van der Waals surface area contributed by atoms with Crippen LogP contribution in [0, 0.1) is 0 Å². The molecule has 3 rings (SSSR count). The van der Waals surface area contributed by atoms with Crippen LogP contribution in [0.15, 0.2) is 30.5 Å². The third-order valence-corrected chi connectivity index (χ3v) is 2.76. The number of ether oxygens (including phenoxy) is 1. The van der Waals surface area contributed by atoms with Crippen LogP contribution in [0.5, 0.6) is 0 Å². The van der Waals surface area contributed by atoms with Gasteiger partial charge in [0.1, 0.15) is 0 Å². The number of hydrogen-bond donors (Lipinski definition) is 1. The summed E-state index contributed by atoms with van der Waals surface area (Å²) in [5.74, 6) is 0.644. The molecule has 5 heteroatoms. The van der Waals surface area contributed by atoms with Gasteiger partial charge in [-0.15, -0.1) is 0 Å². The van der Waals surface area contributed by atoms with Crippen molar-refractivity contribution in [2.24, 2.45) is 0 Å². The molecule has 5 nitrogen and oxygen atoms in total. The molecule has 88 valence electrons. The minimum atomic E-state index is 0.644. The van der Waals surface area contributed by atoms with Gasteiger partial charge in [-0.05, 0) is 6.07 Å². The highest BCUT2D eigenvalue weighted by molar-refractivity contribution is 5.78. The average molecular weight is 230 g/mol. The molecule has 1 fully saturated rings. The van der Waals surface area contributed by atoms with Crippen LogP contribution < -0.4 is 5.43 Å². The largest absolute Gasteiger partial charge is 0.379 e. The van der Waals surface area contributed by atoms with Crippen LogP contribution in [0.25, 0.3) is 10.9 Å². The summed E-state index contributed by atoms with van der Waals surface area (Å²) in [5, 5.41) is 3.13. The van der Waals surface area contributed by atoms with Crippen molar-refractivity contribution >= 4 is 16.9 Å². The summed E-state index contributed by atoms with van der Waals surface area (Å²) in [6, 6.07) is 7.96. The van der Waals surface area contributed by atoms with Gasteiger partial charge in [0, 0.05) is 24.7 Å². The second kappa shape index (κ2) is 4.65. The van der Waals surface area contributed by atoms with E-state index in [-0.39, 0.29) is 0 Å². The van der Waals surface area contributed by atoms with Crippen LogP contribution in [-0.4, -0.2) is 41.3 Å². The van der Waals surface area contributed by atoms with Gasteiger partial charge in [-0.25, -0.2) is 15.0 Å². The molecular weight excluding hydrogens is 216 g/mol. The molecule has 0 spiro atoms. The number of aromatic nitrogens is 2. The molecule has 2 aromatic rings. The Morgan fingerprint density at radius 3 is 2.88 bits per heavy atom. The number of hydrogen-bond acceptors (Lipinski definition) is 5. The van der Waals surface area contributed by atoms with Gasteiger partial charge in [-0.3, -0.25) is 5.43 Å². The summed E-state index contributed by atoms with van der Waals surface area (Å²) >= 11 is 0. The van der Waals surface area contributed by atoms with Crippen LogP contribution >= 0.6 is 0 Å². The number of anilines is 1. The van der Waals surface area contributed by atoms with Crippen molar-refractivity contribution in [3.05, 3.63) is 30.5 Å². The van der Waals surface area contributed by atoms with E-state index in [4.69, 9.17) is 4.74 Å². The average Bonchev–Trinajstić information content (AvgIpc) is 2.40. The minimum Gasteiger partial charge on any atom is -0.379 e. The lowest BCUT2D eigenvalue weighted by Gasteiger charge is -2.26. The normalized spacial score (nSPS) is 17.2. The van der Waals surface area contributed by atoms with Gasteiger partial charge in [0.05, 0.1) is 18.7 Å². The lowest BCUT2D eigenvalue weighted by atomic mass is 10.2. The topological polar surface area (TPSA) is 50.3 Å². The highest BCUT2D eigenvalue weighted by Gasteiger charge is 2.11. The van der Waals surface area contributed by atoms with Crippen LogP contribution in [0.3, 0.4) is 0 Å². The maximum Gasteiger partial charge on any atom is 0.238 e. The lowest BCUT2D eigenvalue weighted by Crippen LogP contribution is -2.40. The number of benzene rings is 1. The monoisotopic (exact) mass is 230 g/mol. The number of fused-ring (bicyclic) bond motifs is 1. The van der Waals surface area contributed by atoms with Crippen molar-refractivity contribution in [1.29, 1.82) is 0 Å². The zero-order valence-corrected chi connectivity index (χ0v) is 9.47. The van der Waals surface area contributed by atoms with E-state index < -0.39 is 0 Å². The molecule has 0 atom stereocenters. The van der Waals surface area contributed by atoms with E-state index in [1.165, 1.54) is 0 Å². The van der Waals surface area contributed by atoms with Crippen LogP contribution in [0.4, 0.5) is 5.95 Å². The second-order valence-electron chi connectivity index (χ2n) is 3.96. The molecule has 1 saturated heterocycles. The molecule has 2 heterocycles. The Kier molecular flexibility index (Phi) is 2.85. The summed E-state index contributed by atoms with van der Waals surface area (Å²) in [6.45, 7) is 3.22. The minimum absolute atomic E-state index is 0.644.